The number of ether oxygens (including phenoxy) is 1. The monoisotopic (exact) mass is 375 g/mol. The highest BCUT2D eigenvalue weighted by molar-refractivity contribution is 5.98. The minimum Gasteiger partial charge on any atom is -0.425 e. The Morgan fingerprint density at radius 1 is 0.929 bits per heavy atom. The summed E-state index contributed by atoms with van der Waals surface area (Å²) in [5.41, 5.74) is 2.05. The molecule has 0 N–H and O–H groups in total. The number of ketones is 1. The first kappa shape index (κ1) is 19.3. The molecule has 0 radical (unpaired) electrons. The van der Waals surface area contributed by atoms with Gasteiger partial charge in [0, 0.05) is 18.2 Å². The summed E-state index contributed by atoms with van der Waals surface area (Å²) in [4.78, 5) is 37.5. The smallest absolute Gasteiger partial charge is 0.308 e. The predicted octanol–water partition coefficient (Wildman–Crippen LogP) is 4.19. The van der Waals surface area contributed by atoms with Gasteiger partial charge < -0.3 is 4.74 Å². The van der Waals surface area contributed by atoms with E-state index < -0.39 is 17.3 Å². The number of pyridine rings is 1. The van der Waals surface area contributed by atoms with Crippen LogP contribution in [0.4, 0.5) is 0 Å². The van der Waals surface area contributed by atoms with Crippen molar-refractivity contribution < 1.29 is 14.3 Å². The second-order valence-electron chi connectivity index (χ2n) is 6.38. The van der Waals surface area contributed by atoms with Gasteiger partial charge in [0.25, 0.3) is 5.56 Å². The van der Waals surface area contributed by atoms with Crippen LogP contribution in [0.15, 0.2) is 65.5 Å². The maximum Gasteiger partial charge on any atom is 0.308 e. The molecule has 2 aromatic carbocycles. The van der Waals surface area contributed by atoms with Gasteiger partial charge in [-0.2, -0.15) is 0 Å². The van der Waals surface area contributed by atoms with Crippen LogP contribution in [0.25, 0.3) is 16.9 Å². The molecule has 0 unspecified atom stereocenters. The van der Waals surface area contributed by atoms with Gasteiger partial charge in [-0.25, -0.2) is 0 Å². The van der Waals surface area contributed by atoms with E-state index in [0.29, 0.717) is 23.4 Å². The first-order valence-corrected chi connectivity index (χ1v) is 9.07. The molecular weight excluding hydrogens is 354 g/mol. The van der Waals surface area contributed by atoms with Gasteiger partial charge in [-0.1, -0.05) is 55.5 Å². The van der Waals surface area contributed by atoms with Crippen molar-refractivity contribution in [2.24, 2.45) is 0 Å². The van der Waals surface area contributed by atoms with E-state index in [1.54, 1.807) is 0 Å². The van der Waals surface area contributed by atoms with Crippen LogP contribution in [0.2, 0.25) is 0 Å². The van der Waals surface area contributed by atoms with Gasteiger partial charge in [-0.15, -0.1) is 0 Å². The maximum absolute atomic E-state index is 13.4. The number of para-hydroxylation sites is 1. The Hall–Kier alpha value is -3.47. The highest BCUT2D eigenvalue weighted by Gasteiger charge is 2.27. The average molecular weight is 375 g/mol. The molecule has 1 heterocycles. The van der Waals surface area contributed by atoms with E-state index in [9.17, 15) is 14.4 Å². The van der Waals surface area contributed by atoms with Gasteiger partial charge in [0.2, 0.25) is 0 Å². The fraction of sp³-hybridized carbons (Fsp3) is 0.174. The van der Waals surface area contributed by atoms with Crippen molar-refractivity contribution in [3.63, 3.8) is 0 Å². The third-order valence-corrected chi connectivity index (χ3v) is 4.44. The first-order valence-electron chi connectivity index (χ1n) is 9.07. The van der Waals surface area contributed by atoms with Crippen molar-refractivity contribution in [2.45, 2.75) is 27.2 Å². The maximum atomic E-state index is 13.4. The number of hydrogen-bond donors (Lipinski definition) is 0. The molecule has 3 aromatic rings. The molecule has 0 aliphatic carbocycles. The molecule has 1 aromatic heterocycles. The van der Waals surface area contributed by atoms with Crippen LogP contribution in [-0.4, -0.2) is 16.3 Å². The molecule has 0 aliphatic heterocycles. The van der Waals surface area contributed by atoms with Crippen molar-refractivity contribution in [1.82, 2.24) is 4.57 Å². The van der Waals surface area contributed by atoms with E-state index in [4.69, 9.17) is 4.74 Å². The molecular formula is C23H21NO4. The van der Waals surface area contributed by atoms with Crippen LogP contribution in [-0.2, 0) is 11.2 Å². The second kappa shape index (κ2) is 8.05. The second-order valence-corrected chi connectivity index (χ2v) is 6.38. The van der Waals surface area contributed by atoms with E-state index in [2.05, 4.69) is 0 Å². The molecule has 0 aliphatic rings. The molecule has 5 nitrogen and oxygen atoms in total. The van der Waals surface area contributed by atoms with Crippen LogP contribution < -0.4 is 10.3 Å². The van der Waals surface area contributed by atoms with E-state index in [1.165, 1.54) is 18.4 Å². The summed E-state index contributed by atoms with van der Waals surface area (Å²) in [6.07, 6.45) is 0.472. The van der Waals surface area contributed by atoms with E-state index >= 15 is 0 Å². The Balaban J connectivity index is 2.54. The molecule has 3 rings (SSSR count). The quantitative estimate of drug-likeness (QED) is 0.495. The van der Waals surface area contributed by atoms with Crippen LogP contribution in [0.3, 0.4) is 0 Å². The Morgan fingerprint density at radius 3 is 2.00 bits per heavy atom. The van der Waals surface area contributed by atoms with Crippen LogP contribution in [0, 0.1) is 0 Å². The summed E-state index contributed by atoms with van der Waals surface area (Å²) >= 11 is 0. The highest BCUT2D eigenvalue weighted by atomic mass is 16.5. The summed E-state index contributed by atoms with van der Waals surface area (Å²) in [5, 5.41) is 0. The number of carbonyl (C=O) groups excluding carboxylic acids is 2. The number of nitrogens with zero attached hydrogens (tertiary/aromatic N) is 1. The molecule has 0 amide bonds. The Morgan fingerprint density at radius 2 is 1.50 bits per heavy atom. The number of hydrogen-bond acceptors (Lipinski definition) is 4. The topological polar surface area (TPSA) is 65.4 Å². The Labute approximate surface area is 163 Å². The number of carbonyl (C=O) groups is 2. The lowest BCUT2D eigenvalue weighted by Gasteiger charge is -2.21. The lowest BCUT2D eigenvalue weighted by Crippen LogP contribution is -2.29. The zero-order valence-corrected chi connectivity index (χ0v) is 16.1. The molecule has 0 bridgehead atoms. The number of rotatable bonds is 5. The van der Waals surface area contributed by atoms with Crippen molar-refractivity contribution in [1.29, 1.82) is 0 Å². The van der Waals surface area contributed by atoms with Crippen LogP contribution in [0.5, 0.6) is 5.75 Å². The average Bonchev–Trinajstić information content (AvgIpc) is 2.68. The third kappa shape index (κ3) is 3.51. The number of Topliss-reactive ketones (excluding diaryl/α,β-unsaturated/α-hetero) is 1. The zero-order valence-electron chi connectivity index (χ0n) is 16.1. The lowest BCUT2D eigenvalue weighted by molar-refractivity contribution is -0.131. The largest absolute Gasteiger partial charge is 0.425 e. The van der Waals surface area contributed by atoms with Gasteiger partial charge in [0.15, 0.2) is 11.5 Å². The summed E-state index contributed by atoms with van der Waals surface area (Å²) < 4.78 is 6.92. The summed E-state index contributed by atoms with van der Waals surface area (Å²) in [5.74, 6) is -0.966. The van der Waals surface area contributed by atoms with Crippen LogP contribution >= 0.6 is 0 Å². The molecule has 142 valence electrons. The molecule has 5 heteroatoms. The standard InChI is InChI=1S/C23H21NO4/c1-4-19-21(17-11-7-5-8-12-17)24(18-13-9-6-10-14-18)23(27)20(15(2)25)22(19)28-16(3)26/h5-14H,4H2,1-3H3. The van der Waals surface area contributed by atoms with Crippen molar-refractivity contribution in [3.8, 4) is 22.7 Å². The van der Waals surface area contributed by atoms with E-state index in [1.807, 2.05) is 67.6 Å². The van der Waals surface area contributed by atoms with E-state index in [0.717, 1.165) is 5.56 Å². The van der Waals surface area contributed by atoms with Gasteiger partial charge in [-0.3, -0.25) is 19.0 Å². The van der Waals surface area contributed by atoms with Gasteiger partial charge in [-0.05, 0) is 31.0 Å². The van der Waals surface area contributed by atoms with Gasteiger partial charge >= 0.3 is 5.97 Å². The molecule has 0 fully saturated rings. The molecule has 28 heavy (non-hydrogen) atoms. The molecule has 0 saturated carbocycles. The summed E-state index contributed by atoms with van der Waals surface area (Å²) in [6.45, 7) is 4.47. The lowest BCUT2D eigenvalue weighted by atomic mass is 9.98. The predicted molar refractivity (Wildman–Crippen MR) is 108 cm³/mol. The number of esters is 1. The summed E-state index contributed by atoms with van der Waals surface area (Å²) in [7, 11) is 0. The van der Waals surface area contributed by atoms with Gasteiger partial charge in [0.05, 0.1) is 5.69 Å². The Bertz CT molecular complexity index is 1080. The fourth-order valence-corrected chi connectivity index (χ4v) is 3.32. The molecule has 0 spiro atoms. The van der Waals surface area contributed by atoms with Crippen molar-refractivity contribution >= 4 is 11.8 Å². The van der Waals surface area contributed by atoms with Crippen molar-refractivity contribution in [3.05, 3.63) is 82.1 Å². The first-order chi connectivity index (χ1) is 13.5. The fourth-order valence-electron chi connectivity index (χ4n) is 3.32. The molecule has 0 atom stereocenters. The van der Waals surface area contributed by atoms with Crippen molar-refractivity contribution in [2.75, 3.05) is 0 Å². The minimum atomic E-state index is -0.576. The SMILES string of the molecule is CCc1c(OC(C)=O)c(C(C)=O)c(=O)n(-c2ccccc2)c1-c1ccccc1. The Kier molecular flexibility index (Phi) is 5.54. The summed E-state index contributed by atoms with van der Waals surface area (Å²) in [6, 6.07) is 18.5. The highest BCUT2D eigenvalue weighted by Crippen LogP contribution is 2.34. The third-order valence-electron chi connectivity index (χ3n) is 4.44. The van der Waals surface area contributed by atoms with E-state index in [-0.39, 0.29) is 11.3 Å². The number of aromatic nitrogens is 1. The molecule has 0 saturated heterocycles. The van der Waals surface area contributed by atoms with Crippen LogP contribution in [0.1, 0.15) is 36.7 Å². The number of benzene rings is 2. The minimum absolute atomic E-state index is 0.0542. The van der Waals surface area contributed by atoms with Gasteiger partial charge in [0.1, 0.15) is 5.56 Å². The zero-order chi connectivity index (χ0) is 20.3. The normalized spacial score (nSPS) is 10.5.